The molecule has 1 amide bonds. The van der Waals surface area contributed by atoms with Gasteiger partial charge >= 0.3 is 6.09 Å². The molecule has 1 aromatic heterocycles. The van der Waals surface area contributed by atoms with E-state index in [1.807, 2.05) is 13.8 Å². The molecule has 1 fully saturated rings. The fourth-order valence-electron chi connectivity index (χ4n) is 4.54. The summed E-state index contributed by atoms with van der Waals surface area (Å²) in [6, 6.07) is 5.11. The third-order valence-electron chi connectivity index (χ3n) is 7.96. The molecule has 0 radical (unpaired) electrons. The fraction of sp³-hybridized carbons (Fsp3) is 0.667. The Morgan fingerprint density at radius 2 is 1.62 bits per heavy atom. The molecule has 2 aromatic rings. The van der Waals surface area contributed by atoms with Crippen LogP contribution in [0.1, 0.15) is 61.8 Å². The van der Waals surface area contributed by atoms with Gasteiger partial charge in [-0.25, -0.2) is 13.2 Å². The molecule has 0 unspecified atom stereocenters. The summed E-state index contributed by atoms with van der Waals surface area (Å²) >= 11 is 3.45. The maximum absolute atomic E-state index is 14.2. The zero-order valence-electron chi connectivity index (χ0n) is 26.8. The van der Waals surface area contributed by atoms with E-state index >= 15 is 0 Å². The number of nitrogens with zero attached hydrogens (tertiary/aromatic N) is 3. The van der Waals surface area contributed by atoms with Crippen LogP contribution in [0.4, 0.5) is 4.79 Å². The number of hydrogen-bond donors (Lipinski definition) is 0. The van der Waals surface area contributed by atoms with Crippen LogP contribution in [0.5, 0.6) is 0 Å². The fourth-order valence-corrected chi connectivity index (χ4v) is 7.76. The van der Waals surface area contributed by atoms with E-state index in [0.717, 1.165) is 0 Å². The van der Waals surface area contributed by atoms with Gasteiger partial charge < -0.3 is 18.6 Å². The average molecular weight is 687 g/mol. The molecule has 42 heavy (non-hydrogen) atoms. The molecule has 0 N–H and O–H groups in total. The number of amides is 1. The second kappa shape index (κ2) is 12.3. The highest BCUT2D eigenvalue weighted by molar-refractivity contribution is 9.10. The van der Waals surface area contributed by atoms with Crippen LogP contribution in [0.2, 0.25) is 18.1 Å². The zero-order chi connectivity index (χ0) is 31.9. The van der Waals surface area contributed by atoms with E-state index in [4.69, 9.17) is 9.16 Å². The first-order valence-electron chi connectivity index (χ1n) is 14.5. The predicted molar refractivity (Wildman–Crippen MR) is 174 cm³/mol. The van der Waals surface area contributed by atoms with Crippen LogP contribution in [0, 0.1) is 5.41 Å². The quantitative estimate of drug-likeness (QED) is 0.311. The molecule has 2 heterocycles. The third kappa shape index (κ3) is 8.25. The number of aromatic nitrogens is 1. The molecular formula is C30H48BrN3O6SSi. The van der Waals surface area contributed by atoms with Gasteiger partial charge in [0.1, 0.15) is 10.5 Å². The Hall–Kier alpha value is -1.73. The van der Waals surface area contributed by atoms with Gasteiger partial charge in [0.25, 0.3) is 5.56 Å². The molecule has 0 bridgehead atoms. The predicted octanol–water partition coefficient (Wildman–Crippen LogP) is 6.44. The van der Waals surface area contributed by atoms with E-state index in [9.17, 15) is 18.0 Å². The highest BCUT2D eigenvalue weighted by atomic mass is 79.9. The third-order valence-corrected chi connectivity index (χ3v) is 14.9. The van der Waals surface area contributed by atoms with E-state index in [2.05, 4.69) is 49.8 Å². The molecule has 1 aliphatic heterocycles. The topological polar surface area (TPSA) is 98.2 Å². The minimum absolute atomic E-state index is 0.0454. The molecule has 9 nitrogen and oxygen atoms in total. The molecule has 236 valence electrons. The van der Waals surface area contributed by atoms with Crippen molar-refractivity contribution in [1.29, 1.82) is 0 Å². The molecule has 0 aliphatic carbocycles. The van der Waals surface area contributed by atoms with Gasteiger partial charge in [-0.2, -0.15) is 4.31 Å². The van der Waals surface area contributed by atoms with E-state index in [1.54, 1.807) is 43.9 Å². The van der Waals surface area contributed by atoms with Crippen molar-refractivity contribution >= 4 is 51.1 Å². The number of benzene rings is 1. The number of sulfonamides is 1. The number of hydrogen-bond acceptors (Lipinski definition) is 6. The number of carbonyl (C=O) groups is 1. The Morgan fingerprint density at radius 3 is 2.21 bits per heavy atom. The Balaban J connectivity index is 1.98. The van der Waals surface area contributed by atoms with Crippen molar-refractivity contribution in [2.45, 2.75) is 97.0 Å². The van der Waals surface area contributed by atoms with Crippen molar-refractivity contribution in [3.63, 3.8) is 0 Å². The molecule has 1 saturated heterocycles. The molecule has 0 atom stereocenters. The summed E-state index contributed by atoms with van der Waals surface area (Å²) in [4.78, 5) is 28.0. The van der Waals surface area contributed by atoms with Crippen LogP contribution < -0.4 is 5.56 Å². The lowest BCUT2D eigenvalue weighted by molar-refractivity contribution is 0.0260. The lowest BCUT2D eigenvalue weighted by Crippen LogP contribution is -2.44. The monoisotopic (exact) mass is 685 g/mol. The first-order chi connectivity index (χ1) is 19.0. The number of ether oxygens (including phenoxy) is 1. The van der Waals surface area contributed by atoms with Crippen LogP contribution in [-0.2, 0) is 25.7 Å². The van der Waals surface area contributed by atoms with Crippen LogP contribution in [0.25, 0.3) is 10.8 Å². The first kappa shape index (κ1) is 34.8. The van der Waals surface area contributed by atoms with Crippen LogP contribution in [-0.4, -0.2) is 75.0 Å². The van der Waals surface area contributed by atoms with Crippen LogP contribution >= 0.6 is 15.9 Å². The van der Waals surface area contributed by atoms with Crippen molar-refractivity contribution in [2.24, 2.45) is 5.41 Å². The lowest BCUT2D eigenvalue weighted by atomic mass is 9.94. The smallest absolute Gasteiger partial charge is 0.410 e. The molecule has 0 spiro atoms. The van der Waals surface area contributed by atoms with Crippen molar-refractivity contribution < 1.29 is 22.4 Å². The number of halogens is 1. The van der Waals surface area contributed by atoms with E-state index in [1.165, 1.54) is 15.1 Å². The minimum atomic E-state index is -4.01. The second-order valence-electron chi connectivity index (χ2n) is 14.6. The van der Waals surface area contributed by atoms with Gasteiger partial charge in [0.2, 0.25) is 10.0 Å². The van der Waals surface area contributed by atoms with E-state index in [-0.39, 0.29) is 35.1 Å². The summed E-state index contributed by atoms with van der Waals surface area (Å²) in [5, 5.41) is 0.753. The Labute approximate surface area is 260 Å². The van der Waals surface area contributed by atoms with Gasteiger partial charge in [-0.1, -0.05) is 50.5 Å². The largest absolute Gasteiger partial charge is 0.444 e. The maximum atomic E-state index is 14.2. The second-order valence-corrected chi connectivity index (χ2v) is 22.2. The normalized spacial score (nSPS) is 16.5. The summed E-state index contributed by atoms with van der Waals surface area (Å²) in [6.07, 6.45) is 1.50. The zero-order valence-corrected chi connectivity index (χ0v) is 30.2. The average Bonchev–Trinajstić information content (AvgIpc) is 3.10. The number of rotatable bonds is 7. The highest BCUT2D eigenvalue weighted by Crippen LogP contribution is 2.38. The summed E-state index contributed by atoms with van der Waals surface area (Å²) in [6.45, 7) is 22.2. The van der Waals surface area contributed by atoms with E-state index < -0.39 is 35.4 Å². The number of pyridine rings is 1. The maximum Gasteiger partial charge on any atom is 0.410 e. The van der Waals surface area contributed by atoms with Gasteiger partial charge in [-0.05, 0) is 63.5 Å². The van der Waals surface area contributed by atoms with Gasteiger partial charge in [0.05, 0.1) is 0 Å². The van der Waals surface area contributed by atoms with Gasteiger partial charge in [-0.15, -0.1) is 0 Å². The summed E-state index contributed by atoms with van der Waals surface area (Å²) in [5.41, 5.74) is -1.32. The van der Waals surface area contributed by atoms with Gasteiger partial charge in [-0.3, -0.25) is 4.79 Å². The Kier molecular flexibility index (Phi) is 10.2. The first-order valence-corrected chi connectivity index (χ1v) is 19.6. The van der Waals surface area contributed by atoms with E-state index in [0.29, 0.717) is 41.4 Å². The molecule has 0 saturated carbocycles. The Bertz CT molecular complexity index is 1470. The molecule has 12 heteroatoms. The van der Waals surface area contributed by atoms with Crippen molar-refractivity contribution in [3.8, 4) is 0 Å². The number of fused-ring (bicyclic) bond motifs is 1. The summed E-state index contributed by atoms with van der Waals surface area (Å²) in [5.74, 6) is 0. The standard InChI is InChI=1S/C30H48BrN3O6SSi/c1-28(2,3)40-27(36)32-14-11-15-34(17-16-32)41(37,38)25-19-33(26(35)23-13-12-22(31)18-24(23)25)20-30(7,8)21-39-42(9,10)29(4,5)6/h12-13,18-19H,11,14-17,20-21H2,1-10H3. The number of carbonyl (C=O) groups excluding carboxylic acids is 1. The van der Waals surface area contributed by atoms with Crippen molar-refractivity contribution in [3.05, 3.63) is 39.2 Å². The molecule has 3 rings (SSSR count). The Morgan fingerprint density at radius 1 is 0.976 bits per heavy atom. The van der Waals surface area contributed by atoms with Crippen molar-refractivity contribution in [1.82, 2.24) is 13.8 Å². The van der Waals surface area contributed by atoms with Crippen LogP contribution in [0.3, 0.4) is 0 Å². The van der Waals surface area contributed by atoms with Crippen LogP contribution in [0.15, 0.2) is 38.6 Å². The molecule has 1 aliphatic rings. The molecule has 1 aromatic carbocycles. The lowest BCUT2D eigenvalue weighted by Gasteiger charge is -2.39. The highest BCUT2D eigenvalue weighted by Gasteiger charge is 2.39. The van der Waals surface area contributed by atoms with Gasteiger partial charge in [0.15, 0.2) is 8.32 Å². The minimum Gasteiger partial charge on any atom is -0.444 e. The SMILES string of the molecule is CC(C)(CO[Si](C)(C)C(C)(C)C)Cn1cc(S(=O)(=O)N2CCCN(C(=O)OC(C)(C)C)CC2)c2cc(Br)ccc2c1=O. The van der Waals surface area contributed by atoms with Crippen molar-refractivity contribution in [2.75, 3.05) is 32.8 Å². The molecular weight excluding hydrogens is 638 g/mol. The summed E-state index contributed by atoms with van der Waals surface area (Å²) in [7, 11) is -6.04. The summed E-state index contributed by atoms with van der Waals surface area (Å²) < 4.78 is 44.0. The van der Waals surface area contributed by atoms with Gasteiger partial charge in [0, 0.05) is 66.2 Å².